The Morgan fingerprint density at radius 1 is 1.06 bits per heavy atom. The van der Waals surface area contributed by atoms with Crippen LogP contribution in [0.1, 0.15) is 47.3 Å². The van der Waals surface area contributed by atoms with E-state index >= 15 is 0 Å². The van der Waals surface area contributed by atoms with E-state index in [1.54, 1.807) is 30.3 Å². The summed E-state index contributed by atoms with van der Waals surface area (Å²) < 4.78 is 11.6. The zero-order valence-corrected chi connectivity index (χ0v) is 20.6. The average Bonchev–Trinajstić information content (AvgIpc) is 3.21. The zero-order chi connectivity index (χ0) is 25.4. The Labute approximate surface area is 212 Å². The number of aliphatic carboxylic acids is 1. The van der Waals surface area contributed by atoms with Gasteiger partial charge in [-0.25, -0.2) is 4.79 Å². The van der Waals surface area contributed by atoms with Gasteiger partial charge in [-0.3, -0.25) is 4.79 Å². The molecule has 0 saturated heterocycles. The number of amides is 1. The summed E-state index contributed by atoms with van der Waals surface area (Å²) in [6.07, 6.45) is 4.22. The van der Waals surface area contributed by atoms with Crippen molar-refractivity contribution in [2.45, 2.75) is 57.9 Å². The third-order valence-electron chi connectivity index (χ3n) is 6.94. The Balaban J connectivity index is 1.35. The van der Waals surface area contributed by atoms with Gasteiger partial charge in [0.25, 0.3) is 0 Å². The second-order valence-electron chi connectivity index (χ2n) is 9.32. The quantitative estimate of drug-likeness (QED) is 0.382. The Kier molecular flexibility index (Phi) is 6.58. The molecule has 4 aromatic rings. The number of hydrogen-bond acceptors (Lipinski definition) is 6. The largest absolute Gasteiger partial charge is 0.548 e. The summed E-state index contributed by atoms with van der Waals surface area (Å²) in [6, 6.07) is 9.28. The molecule has 1 aliphatic rings. The second kappa shape index (κ2) is 9.82. The maximum absolute atomic E-state index is 12.8. The SMILES string of the molecule is Cc1c(CCC(=O)N[C@@H](Cc2ccc(Cl)cc2)C(=O)[O-])c(=O)oc2cc3oc4c(c3cc12)CCCC4. The lowest BCUT2D eigenvalue weighted by molar-refractivity contribution is -0.308. The average molecular weight is 507 g/mol. The van der Waals surface area contributed by atoms with E-state index in [-0.39, 0.29) is 19.3 Å². The van der Waals surface area contributed by atoms with Crippen LogP contribution in [0.15, 0.2) is 50.0 Å². The maximum Gasteiger partial charge on any atom is 0.339 e. The Morgan fingerprint density at radius 2 is 1.78 bits per heavy atom. The Bertz CT molecular complexity index is 1530. The number of aryl methyl sites for hydroxylation is 3. The summed E-state index contributed by atoms with van der Waals surface area (Å²) >= 11 is 5.87. The normalized spacial score (nSPS) is 14.1. The van der Waals surface area contributed by atoms with Gasteiger partial charge in [0, 0.05) is 45.8 Å². The first-order chi connectivity index (χ1) is 17.3. The molecule has 2 heterocycles. The van der Waals surface area contributed by atoms with Crippen molar-refractivity contribution in [1.29, 1.82) is 0 Å². The molecule has 1 amide bonds. The van der Waals surface area contributed by atoms with Gasteiger partial charge in [-0.15, -0.1) is 0 Å². The lowest BCUT2D eigenvalue weighted by Gasteiger charge is -2.20. The standard InChI is InChI=1S/C28H26ClNO6/c1-15-18(10-11-26(31)30-22(27(32)33)12-16-6-8-17(29)9-7-16)28(34)36-24-14-25-21(13-20(15)24)19-4-2-3-5-23(19)35-25/h6-9,13-14,22H,2-5,10-12H2,1H3,(H,30,31)(H,32,33)/p-1/t22-/m0/s1. The monoisotopic (exact) mass is 506 g/mol. The van der Waals surface area contributed by atoms with Gasteiger partial charge in [-0.05, 0) is 68.4 Å². The summed E-state index contributed by atoms with van der Waals surface area (Å²) in [7, 11) is 0. The predicted molar refractivity (Wildman–Crippen MR) is 134 cm³/mol. The fraction of sp³-hybridized carbons (Fsp3) is 0.321. The van der Waals surface area contributed by atoms with E-state index in [1.165, 1.54) is 5.56 Å². The van der Waals surface area contributed by atoms with Crippen LogP contribution in [0.2, 0.25) is 5.02 Å². The third kappa shape index (κ3) is 4.75. The van der Waals surface area contributed by atoms with Crippen LogP contribution in [-0.2, 0) is 35.3 Å². The van der Waals surface area contributed by atoms with Crippen LogP contribution in [0, 0.1) is 6.92 Å². The molecule has 0 unspecified atom stereocenters. The van der Waals surface area contributed by atoms with Gasteiger partial charge in [0.2, 0.25) is 5.91 Å². The van der Waals surface area contributed by atoms with Gasteiger partial charge in [0.15, 0.2) is 0 Å². The maximum atomic E-state index is 12.8. The highest BCUT2D eigenvalue weighted by molar-refractivity contribution is 6.30. The summed E-state index contributed by atoms with van der Waals surface area (Å²) in [6.45, 7) is 1.84. The number of carbonyl (C=O) groups excluding carboxylic acids is 2. The molecule has 2 aromatic carbocycles. The van der Waals surface area contributed by atoms with Gasteiger partial charge in [-0.1, -0.05) is 23.7 Å². The molecule has 7 nitrogen and oxygen atoms in total. The summed E-state index contributed by atoms with van der Waals surface area (Å²) in [4.78, 5) is 36.9. The molecule has 0 radical (unpaired) electrons. The van der Waals surface area contributed by atoms with Crippen molar-refractivity contribution in [3.05, 3.63) is 79.9 Å². The first kappa shape index (κ1) is 24.1. The lowest BCUT2D eigenvalue weighted by atomic mass is 9.94. The van der Waals surface area contributed by atoms with Crippen LogP contribution >= 0.6 is 11.6 Å². The number of fused-ring (bicyclic) bond motifs is 4. The molecular formula is C28H25ClNO6-. The lowest BCUT2D eigenvalue weighted by Crippen LogP contribution is -2.49. The van der Waals surface area contributed by atoms with E-state index in [9.17, 15) is 19.5 Å². The van der Waals surface area contributed by atoms with Gasteiger partial charge >= 0.3 is 5.63 Å². The van der Waals surface area contributed by atoms with Crippen LogP contribution in [0.4, 0.5) is 0 Å². The number of benzene rings is 2. The van der Waals surface area contributed by atoms with E-state index in [1.807, 2.05) is 13.0 Å². The first-order valence-corrected chi connectivity index (χ1v) is 12.4. The minimum Gasteiger partial charge on any atom is -0.548 e. The number of furan rings is 1. The number of carbonyl (C=O) groups is 2. The van der Waals surface area contributed by atoms with Gasteiger partial charge in [0.05, 0.1) is 12.0 Å². The molecule has 0 aliphatic heterocycles. The van der Waals surface area contributed by atoms with Crippen molar-refractivity contribution in [2.75, 3.05) is 0 Å². The van der Waals surface area contributed by atoms with Gasteiger partial charge < -0.3 is 24.1 Å². The Morgan fingerprint density at radius 3 is 2.53 bits per heavy atom. The minimum absolute atomic E-state index is 0.0629. The van der Waals surface area contributed by atoms with Gasteiger partial charge in [0.1, 0.15) is 16.9 Å². The van der Waals surface area contributed by atoms with Crippen LogP contribution in [-0.4, -0.2) is 17.9 Å². The van der Waals surface area contributed by atoms with Crippen molar-refractivity contribution >= 4 is 45.4 Å². The Hall–Kier alpha value is -3.58. The van der Waals surface area contributed by atoms with E-state index in [2.05, 4.69) is 5.32 Å². The highest BCUT2D eigenvalue weighted by Gasteiger charge is 2.21. The summed E-state index contributed by atoms with van der Waals surface area (Å²) in [5, 5.41) is 16.5. The number of carboxylic acids is 1. The van der Waals surface area contributed by atoms with Crippen LogP contribution < -0.4 is 16.0 Å². The van der Waals surface area contributed by atoms with E-state index in [4.69, 9.17) is 20.4 Å². The molecule has 36 heavy (non-hydrogen) atoms. The molecule has 2 aromatic heterocycles. The number of halogens is 1. The van der Waals surface area contributed by atoms with Crippen LogP contribution in [0.5, 0.6) is 0 Å². The minimum atomic E-state index is -1.38. The van der Waals surface area contributed by atoms with Crippen molar-refractivity contribution < 1.29 is 23.5 Å². The van der Waals surface area contributed by atoms with E-state index in [0.717, 1.165) is 53.4 Å². The topological polar surface area (TPSA) is 113 Å². The molecule has 1 atom stereocenters. The highest BCUT2D eigenvalue weighted by atomic mass is 35.5. The molecule has 0 spiro atoms. The van der Waals surface area contributed by atoms with Crippen LogP contribution in [0.3, 0.4) is 0 Å². The number of carboxylic acid groups (broad SMARTS) is 1. The third-order valence-corrected chi connectivity index (χ3v) is 7.19. The number of nitrogens with one attached hydrogen (secondary N) is 1. The fourth-order valence-electron chi connectivity index (χ4n) is 4.99. The molecule has 0 bridgehead atoms. The first-order valence-electron chi connectivity index (χ1n) is 12.1. The predicted octanol–water partition coefficient (Wildman–Crippen LogP) is 3.79. The van der Waals surface area contributed by atoms with Gasteiger partial charge in [-0.2, -0.15) is 0 Å². The molecule has 186 valence electrons. The van der Waals surface area contributed by atoms with Crippen molar-refractivity contribution in [3.63, 3.8) is 0 Å². The summed E-state index contributed by atoms with van der Waals surface area (Å²) in [5.41, 5.74) is 3.73. The molecule has 1 N–H and O–H groups in total. The van der Waals surface area contributed by atoms with E-state index < -0.39 is 23.5 Å². The van der Waals surface area contributed by atoms with Crippen molar-refractivity contribution in [3.8, 4) is 0 Å². The second-order valence-corrected chi connectivity index (χ2v) is 9.75. The fourth-order valence-corrected chi connectivity index (χ4v) is 5.11. The van der Waals surface area contributed by atoms with Crippen molar-refractivity contribution in [1.82, 2.24) is 5.32 Å². The molecule has 5 rings (SSSR count). The zero-order valence-electron chi connectivity index (χ0n) is 19.8. The van der Waals surface area contributed by atoms with Crippen molar-refractivity contribution in [2.24, 2.45) is 0 Å². The molecule has 0 fully saturated rings. The van der Waals surface area contributed by atoms with Crippen LogP contribution in [0.25, 0.3) is 21.9 Å². The smallest absolute Gasteiger partial charge is 0.339 e. The summed E-state index contributed by atoms with van der Waals surface area (Å²) in [5.74, 6) is -0.867. The molecule has 0 saturated carbocycles. The molecular weight excluding hydrogens is 482 g/mol. The highest BCUT2D eigenvalue weighted by Crippen LogP contribution is 2.35. The van der Waals surface area contributed by atoms with E-state index in [0.29, 0.717) is 21.7 Å². The number of rotatable bonds is 7. The molecule has 1 aliphatic carbocycles. The molecule has 8 heteroatoms. The number of hydrogen-bond donors (Lipinski definition) is 1.